The summed E-state index contributed by atoms with van der Waals surface area (Å²) in [4.78, 5) is 8.45. The predicted molar refractivity (Wildman–Crippen MR) is 79.7 cm³/mol. The van der Waals surface area contributed by atoms with Gasteiger partial charge >= 0.3 is 0 Å². The van der Waals surface area contributed by atoms with Gasteiger partial charge in [0, 0.05) is 17.0 Å². The monoisotopic (exact) mass is 341 g/mol. The fourth-order valence-corrected chi connectivity index (χ4v) is 2.04. The quantitative estimate of drug-likeness (QED) is 0.903. The number of hydrogen-bond acceptors (Lipinski definition) is 4. The van der Waals surface area contributed by atoms with Gasteiger partial charge in [0.15, 0.2) is 0 Å². The molecule has 1 aromatic carbocycles. The van der Waals surface area contributed by atoms with Gasteiger partial charge < -0.3 is 10.5 Å². The van der Waals surface area contributed by atoms with E-state index >= 15 is 0 Å². The molecule has 2 rings (SSSR count). The number of rotatable bonds is 4. The number of aromatic nitrogens is 2. The molecule has 0 aliphatic heterocycles. The highest BCUT2D eigenvalue weighted by atomic mass is 79.9. The van der Waals surface area contributed by atoms with Crippen molar-refractivity contribution in [3.8, 4) is 11.6 Å². The average Bonchev–Trinajstić information content (AvgIpc) is 2.33. The van der Waals surface area contributed by atoms with E-state index in [1.165, 1.54) is 0 Å². The first kappa shape index (κ1) is 14.1. The third kappa shape index (κ3) is 3.81. The molecule has 19 heavy (non-hydrogen) atoms. The number of hydrogen-bond donors (Lipinski definition) is 1. The van der Waals surface area contributed by atoms with Crippen LogP contribution in [-0.2, 0) is 6.42 Å². The van der Waals surface area contributed by atoms with E-state index in [1.807, 2.05) is 6.07 Å². The van der Waals surface area contributed by atoms with Gasteiger partial charge in [0.2, 0.25) is 5.88 Å². The van der Waals surface area contributed by atoms with Crippen LogP contribution in [0.4, 0.5) is 5.82 Å². The molecule has 0 radical (unpaired) electrons. The van der Waals surface area contributed by atoms with Crippen LogP contribution in [0.3, 0.4) is 0 Å². The Morgan fingerprint density at radius 3 is 2.84 bits per heavy atom. The number of nitrogen functional groups attached to an aromatic ring is 1. The van der Waals surface area contributed by atoms with Crippen LogP contribution in [0.5, 0.6) is 11.6 Å². The fraction of sp³-hybridized carbons (Fsp3) is 0.231. The summed E-state index contributed by atoms with van der Waals surface area (Å²) >= 11 is 9.43. The molecule has 1 aromatic heterocycles. The number of ether oxygens (including phenoxy) is 1. The van der Waals surface area contributed by atoms with Gasteiger partial charge in [-0.1, -0.05) is 34.5 Å². The standard InChI is InChI=1S/C13H13BrClN3O/c1-2-3-12-17-11(16)7-13(18-12)19-10-6-8(14)4-5-9(10)15/h4-7H,2-3H2,1H3,(H2,16,17,18). The summed E-state index contributed by atoms with van der Waals surface area (Å²) in [6, 6.07) is 6.95. The van der Waals surface area contributed by atoms with Crippen molar-refractivity contribution in [2.24, 2.45) is 0 Å². The van der Waals surface area contributed by atoms with Crippen LogP contribution in [-0.4, -0.2) is 9.97 Å². The van der Waals surface area contributed by atoms with E-state index in [2.05, 4.69) is 32.8 Å². The lowest BCUT2D eigenvalue weighted by Crippen LogP contribution is -2.01. The largest absolute Gasteiger partial charge is 0.437 e. The van der Waals surface area contributed by atoms with Crippen molar-refractivity contribution in [1.82, 2.24) is 9.97 Å². The van der Waals surface area contributed by atoms with Crippen molar-refractivity contribution in [1.29, 1.82) is 0 Å². The van der Waals surface area contributed by atoms with Gasteiger partial charge in [0.1, 0.15) is 17.4 Å². The summed E-state index contributed by atoms with van der Waals surface area (Å²) in [7, 11) is 0. The highest BCUT2D eigenvalue weighted by Gasteiger charge is 2.08. The minimum Gasteiger partial charge on any atom is -0.437 e. The number of nitrogens with two attached hydrogens (primary N) is 1. The summed E-state index contributed by atoms with van der Waals surface area (Å²) in [6.45, 7) is 2.05. The molecular weight excluding hydrogens is 330 g/mol. The highest BCUT2D eigenvalue weighted by molar-refractivity contribution is 9.10. The van der Waals surface area contributed by atoms with E-state index in [-0.39, 0.29) is 0 Å². The molecule has 0 bridgehead atoms. The van der Waals surface area contributed by atoms with Crippen molar-refractivity contribution < 1.29 is 4.74 Å². The second-order valence-electron chi connectivity index (χ2n) is 3.97. The van der Waals surface area contributed by atoms with Crippen molar-refractivity contribution in [3.05, 3.63) is 39.6 Å². The van der Waals surface area contributed by atoms with Gasteiger partial charge in [-0.15, -0.1) is 0 Å². The number of halogens is 2. The van der Waals surface area contributed by atoms with Crippen LogP contribution in [0.15, 0.2) is 28.7 Å². The van der Waals surface area contributed by atoms with Crippen LogP contribution >= 0.6 is 27.5 Å². The maximum Gasteiger partial charge on any atom is 0.224 e. The van der Waals surface area contributed by atoms with Crippen LogP contribution in [0.2, 0.25) is 5.02 Å². The second kappa shape index (κ2) is 6.21. The molecule has 4 nitrogen and oxygen atoms in total. The van der Waals surface area contributed by atoms with Crippen molar-refractivity contribution in [3.63, 3.8) is 0 Å². The second-order valence-corrected chi connectivity index (χ2v) is 5.30. The van der Waals surface area contributed by atoms with E-state index in [0.29, 0.717) is 28.3 Å². The lowest BCUT2D eigenvalue weighted by molar-refractivity contribution is 0.459. The molecular formula is C13H13BrClN3O. The number of anilines is 1. The smallest absolute Gasteiger partial charge is 0.224 e. The Kier molecular flexibility index (Phi) is 4.61. The van der Waals surface area contributed by atoms with Crippen LogP contribution < -0.4 is 10.5 Å². The van der Waals surface area contributed by atoms with Crippen molar-refractivity contribution >= 4 is 33.3 Å². The first-order valence-electron chi connectivity index (χ1n) is 5.85. The lowest BCUT2D eigenvalue weighted by Gasteiger charge is -2.09. The maximum atomic E-state index is 6.07. The zero-order valence-electron chi connectivity index (χ0n) is 10.4. The molecule has 0 atom stereocenters. The molecule has 0 saturated carbocycles. The van der Waals surface area contributed by atoms with Gasteiger partial charge in [0.25, 0.3) is 0 Å². The zero-order valence-corrected chi connectivity index (χ0v) is 12.7. The molecule has 0 fully saturated rings. The summed E-state index contributed by atoms with van der Waals surface area (Å²) in [5.74, 6) is 1.98. The van der Waals surface area contributed by atoms with E-state index in [1.54, 1.807) is 18.2 Å². The normalized spacial score (nSPS) is 10.5. The predicted octanol–water partition coefficient (Wildman–Crippen LogP) is 4.22. The first-order valence-corrected chi connectivity index (χ1v) is 7.02. The van der Waals surface area contributed by atoms with Crippen molar-refractivity contribution in [2.75, 3.05) is 5.73 Å². The van der Waals surface area contributed by atoms with Crippen LogP contribution in [0, 0.1) is 0 Å². The number of aryl methyl sites for hydroxylation is 1. The number of nitrogens with zero attached hydrogens (tertiary/aromatic N) is 2. The van der Waals surface area contributed by atoms with Gasteiger partial charge in [-0.25, -0.2) is 4.98 Å². The zero-order chi connectivity index (χ0) is 13.8. The molecule has 2 N–H and O–H groups in total. The molecule has 1 heterocycles. The van der Waals surface area contributed by atoms with Crippen LogP contribution in [0.1, 0.15) is 19.2 Å². The molecule has 0 amide bonds. The Labute approximate surface area is 125 Å². The first-order chi connectivity index (χ1) is 9.08. The van der Waals surface area contributed by atoms with E-state index in [4.69, 9.17) is 22.1 Å². The Balaban J connectivity index is 2.29. The molecule has 0 spiro atoms. The van der Waals surface area contributed by atoms with Gasteiger partial charge in [0.05, 0.1) is 5.02 Å². The van der Waals surface area contributed by atoms with E-state index in [0.717, 1.165) is 17.3 Å². The maximum absolute atomic E-state index is 6.07. The Morgan fingerprint density at radius 1 is 1.32 bits per heavy atom. The SMILES string of the molecule is CCCc1nc(N)cc(Oc2cc(Br)ccc2Cl)n1. The topological polar surface area (TPSA) is 61.0 Å². The Bertz CT molecular complexity index is 592. The van der Waals surface area contributed by atoms with Gasteiger partial charge in [-0.05, 0) is 24.6 Å². The molecule has 100 valence electrons. The minimum absolute atomic E-state index is 0.388. The van der Waals surface area contributed by atoms with Gasteiger partial charge in [-0.2, -0.15) is 4.98 Å². The van der Waals surface area contributed by atoms with Crippen molar-refractivity contribution in [2.45, 2.75) is 19.8 Å². The fourth-order valence-electron chi connectivity index (χ4n) is 1.55. The molecule has 0 saturated heterocycles. The summed E-state index contributed by atoms with van der Waals surface area (Å²) < 4.78 is 6.54. The molecule has 0 aliphatic rings. The summed E-state index contributed by atoms with van der Waals surface area (Å²) in [5.41, 5.74) is 5.74. The summed E-state index contributed by atoms with van der Waals surface area (Å²) in [6.07, 6.45) is 1.70. The third-order valence-corrected chi connectivity index (χ3v) is 3.16. The molecule has 2 aromatic rings. The third-order valence-electron chi connectivity index (χ3n) is 2.35. The lowest BCUT2D eigenvalue weighted by atomic mass is 10.3. The molecule has 0 unspecified atom stereocenters. The highest BCUT2D eigenvalue weighted by Crippen LogP contribution is 2.31. The summed E-state index contributed by atoms with van der Waals surface area (Å²) in [5, 5.41) is 0.512. The van der Waals surface area contributed by atoms with E-state index in [9.17, 15) is 0 Å². The van der Waals surface area contributed by atoms with Gasteiger partial charge in [-0.3, -0.25) is 0 Å². The average molecular weight is 343 g/mol. The van der Waals surface area contributed by atoms with Crippen LogP contribution in [0.25, 0.3) is 0 Å². The Hall–Kier alpha value is -1.33. The molecule has 6 heteroatoms. The number of benzene rings is 1. The Morgan fingerprint density at radius 2 is 2.11 bits per heavy atom. The van der Waals surface area contributed by atoms with E-state index < -0.39 is 0 Å². The molecule has 0 aliphatic carbocycles. The minimum atomic E-state index is 0.388.